The average molecular weight is 260 g/mol. The van der Waals surface area contributed by atoms with Crippen LogP contribution in [0.2, 0.25) is 0 Å². The number of rotatable bonds is 1. The molecule has 0 spiro atoms. The first-order valence-electron chi connectivity index (χ1n) is 3.85. The Labute approximate surface area is 87.4 Å². The van der Waals surface area contributed by atoms with E-state index in [1.165, 1.54) is 0 Å². The van der Waals surface area contributed by atoms with Gasteiger partial charge in [-0.1, -0.05) is 0 Å². The Hall–Kier alpha value is -1.30. The zero-order chi connectivity index (χ0) is 10.3. The molecule has 0 bridgehead atoms. The first-order valence-corrected chi connectivity index (χ1v) is 4.64. The molecule has 74 valence electrons. The summed E-state index contributed by atoms with van der Waals surface area (Å²) in [6, 6.07) is 1.66. The van der Waals surface area contributed by atoms with Crippen LogP contribution >= 0.6 is 15.9 Å². The number of hydrogen-bond donors (Lipinski definition) is 2. The molecule has 0 aliphatic rings. The van der Waals surface area contributed by atoms with Gasteiger partial charge in [-0.05, 0) is 22.9 Å². The summed E-state index contributed by atoms with van der Waals surface area (Å²) in [7, 11) is 0. The average Bonchev–Trinajstić information content (AvgIpc) is 2.59. The molecule has 6 heteroatoms. The molecule has 2 heterocycles. The van der Waals surface area contributed by atoms with Gasteiger partial charge in [0.15, 0.2) is 16.3 Å². The zero-order valence-corrected chi connectivity index (χ0v) is 8.85. The predicted octanol–water partition coefficient (Wildman–Crippen LogP) is 2.46. The van der Waals surface area contributed by atoms with Crippen LogP contribution in [0, 0.1) is 12.7 Å². The maximum Gasteiger partial charge on any atom is 0.192 e. The minimum atomic E-state index is -0.554. The Morgan fingerprint density at radius 1 is 1.64 bits per heavy atom. The summed E-state index contributed by atoms with van der Waals surface area (Å²) >= 11 is 3.16. The molecule has 14 heavy (non-hydrogen) atoms. The highest BCUT2D eigenvalue weighted by molar-refractivity contribution is 9.10. The molecular weight excluding hydrogens is 253 g/mol. The smallest absolute Gasteiger partial charge is 0.192 e. The molecule has 0 fully saturated rings. The van der Waals surface area contributed by atoms with Gasteiger partial charge in [-0.3, -0.25) is 5.10 Å². The highest BCUT2D eigenvalue weighted by atomic mass is 79.9. The number of nitrogen functional groups attached to an aromatic ring is 1. The van der Waals surface area contributed by atoms with Gasteiger partial charge in [-0.2, -0.15) is 5.10 Å². The van der Waals surface area contributed by atoms with Gasteiger partial charge in [0, 0.05) is 11.6 Å². The van der Waals surface area contributed by atoms with Crippen molar-refractivity contribution < 1.29 is 8.81 Å². The molecule has 0 atom stereocenters. The topological polar surface area (TPSA) is 67.8 Å². The van der Waals surface area contributed by atoms with E-state index in [1.54, 1.807) is 13.0 Å². The second kappa shape index (κ2) is 3.13. The van der Waals surface area contributed by atoms with Crippen LogP contribution in [0.4, 0.5) is 10.2 Å². The van der Waals surface area contributed by atoms with E-state index in [0.717, 1.165) is 0 Å². The van der Waals surface area contributed by atoms with Crippen molar-refractivity contribution in [2.75, 3.05) is 5.73 Å². The van der Waals surface area contributed by atoms with Gasteiger partial charge in [-0.15, -0.1) is 0 Å². The maximum absolute atomic E-state index is 13.4. The summed E-state index contributed by atoms with van der Waals surface area (Å²) < 4.78 is 19.1. The van der Waals surface area contributed by atoms with Crippen LogP contribution in [-0.2, 0) is 0 Å². The van der Waals surface area contributed by atoms with Crippen LogP contribution < -0.4 is 5.73 Å². The lowest BCUT2D eigenvalue weighted by molar-refractivity contribution is 0.511. The van der Waals surface area contributed by atoms with Crippen molar-refractivity contribution >= 4 is 21.7 Å². The number of furan rings is 1. The molecule has 0 amide bonds. The highest BCUT2D eigenvalue weighted by Crippen LogP contribution is 2.30. The first kappa shape index (κ1) is 9.26. The summed E-state index contributed by atoms with van der Waals surface area (Å²) in [4.78, 5) is 0. The van der Waals surface area contributed by atoms with Crippen LogP contribution in [0.15, 0.2) is 15.2 Å². The summed E-state index contributed by atoms with van der Waals surface area (Å²) in [5, 5.41) is 6.08. The molecule has 0 aliphatic carbocycles. The van der Waals surface area contributed by atoms with E-state index < -0.39 is 5.82 Å². The maximum atomic E-state index is 13.4. The second-order valence-electron chi connectivity index (χ2n) is 2.82. The lowest BCUT2D eigenvalue weighted by atomic mass is 10.2. The van der Waals surface area contributed by atoms with E-state index in [9.17, 15) is 4.39 Å². The summed E-state index contributed by atoms with van der Waals surface area (Å²) in [5.74, 6) is -0.0995. The SMILES string of the molecule is Cc1oc(Br)cc1-c1[nH]nc(N)c1F. The van der Waals surface area contributed by atoms with Crippen molar-refractivity contribution in [2.24, 2.45) is 0 Å². The fourth-order valence-corrected chi connectivity index (χ4v) is 1.69. The van der Waals surface area contributed by atoms with Crippen LogP contribution in [0.25, 0.3) is 11.3 Å². The predicted molar refractivity (Wildman–Crippen MR) is 53.1 cm³/mol. The van der Waals surface area contributed by atoms with Crippen molar-refractivity contribution in [3.05, 3.63) is 22.3 Å². The number of nitrogens with one attached hydrogen (secondary N) is 1. The molecule has 0 unspecified atom stereocenters. The van der Waals surface area contributed by atoms with Gasteiger partial charge in [0.05, 0.1) is 0 Å². The molecule has 2 rings (SSSR count). The lowest BCUT2D eigenvalue weighted by Gasteiger charge is -1.92. The molecule has 2 aromatic rings. The first-order chi connectivity index (χ1) is 6.59. The van der Waals surface area contributed by atoms with E-state index in [0.29, 0.717) is 16.0 Å². The van der Waals surface area contributed by atoms with Crippen molar-refractivity contribution in [3.63, 3.8) is 0 Å². The molecule has 0 aromatic carbocycles. The Balaban J connectivity index is 2.59. The largest absolute Gasteiger partial charge is 0.454 e. The fourth-order valence-electron chi connectivity index (χ4n) is 1.21. The van der Waals surface area contributed by atoms with Gasteiger partial charge >= 0.3 is 0 Å². The Morgan fingerprint density at radius 2 is 2.36 bits per heavy atom. The van der Waals surface area contributed by atoms with Crippen LogP contribution in [0.5, 0.6) is 0 Å². The third kappa shape index (κ3) is 1.31. The van der Waals surface area contributed by atoms with Gasteiger partial charge in [-0.25, -0.2) is 4.39 Å². The van der Waals surface area contributed by atoms with Crippen molar-refractivity contribution in [3.8, 4) is 11.3 Å². The van der Waals surface area contributed by atoms with Crippen LogP contribution in [0.1, 0.15) is 5.76 Å². The van der Waals surface area contributed by atoms with Crippen molar-refractivity contribution in [1.82, 2.24) is 10.2 Å². The monoisotopic (exact) mass is 259 g/mol. The summed E-state index contributed by atoms with van der Waals surface area (Å²) in [6.45, 7) is 1.73. The molecule has 3 N–H and O–H groups in total. The molecule has 4 nitrogen and oxygen atoms in total. The number of hydrogen-bond acceptors (Lipinski definition) is 3. The highest BCUT2D eigenvalue weighted by Gasteiger charge is 2.16. The number of anilines is 1. The van der Waals surface area contributed by atoms with Crippen LogP contribution in [-0.4, -0.2) is 10.2 Å². The number of nitrogens with two attached hydrogens (primary N) is 1. The van der Waals surface area contributed by atoms with E-state index in [4.69, 9.17) is 10.2 Å². The third-order valence-electron chi connectivity index (χ3n) is 1.89. The van der Waals surface area contributed by atoms with Gasteiger partial charge in [0.1, 0.15) is 11.5 Å². The van der Waals surface area contributed by atoms with Crippen molar-refractivity contribution in [1.29, 1.82) is 0 Å². The molecule has 2 aromatic heterocycles. The van der Waals surface area contributed by atoms with E-state index in [1.807, 2.05) is 0 Å². The standard InChI is InChI=1S/C8H7BrFN3O/c1-3-4(2-5(9)14-3)7-6(10)8(11)13-12-7/h2H,1H3,(H3,11,12,13). The van der Waals surface area contributed by atoms with E-state index in [-0.39, 0.29) is 11.5 Å². The minimum Gasteiger partial charge on any atom is -0.454 e. The number of aryl methyl sites for hydroxylation is 1. The number of aromatic nitrogens is 2. The number of nitrogens with zero attached hydrogens (tertiary/aromatic N) is 1. The third-order valence-corrected chi connectivity index (χ3v) is 2.28. The van der Waals surface area contributed by atoms with Gasteiger partial charge in [0.25, 0.3) is 0 Å². The number of aromatic amines is 1. The Morgan fingerprint density at radius 3 is 2.79 bits per heavy atom. The summed E-state index contributed by atoms with van der Waals surface area (Å²) in [5.41, 5.74) is 6.13. The normalized spacial score (nSPS) is 10.8. The van der Waals surface area contributed by atoms with Crippen LogP contribution in [0.3, 0.4) is 0 Å². The molecule has 0 saturated heterocycles. The Kier molecular flexibility index (Phi) is 2.07. The number of halogens is 2. The molecular formula is C8H7BrFN3O. The van der Waals surface area contributed by atoms with E-state index in [2.05, 4.69) is 26.1 Å². The molecule has 0 saturated carbocycles. The quantitative estimate of drug-likeness (QED) is 0.827. The molecule has 0 aliphatic heterocycles. The zero-order valence-electron chi connectivity index (χ0n) is 7.27. The molecule has 0 radical (unpaired) electrons. The van der Waals surface area contributed by atoms with Gasteiger partial charge in [0.2, 0.25) is 0 Å². The van der Waals surface area contributed by atoms with Gasteiger partial charge < -0.3 is 10.2 Å². The minimum absolute atomic E-state index is 0.142. The lowest BCUT2D eigenvalue weighted by Crippen LogP contribution is -1.87. The summed E-state index contributed by atoms with van der Waals surface area (Å²) in [6.07, 6.45) is 0. The van der Waals surface area contributed by atoms with E-state index >= 15 is 0 Å². The Bertz CT molecular complexity index is 477. The number of H-pyrrole nitrogens is 1. The second-order valence-corrected chi connectivity index (χ2v) is 3.60. The fraction of sp³-hybridized carbons (Fsp3) is 0.125. The van der Waals surface area contributed by atoms with Crippen molar-refractivity contribution in [2.45, 2.75) is 6.92 Å².